The van der Waals surface area contributed by atoms with E-state index in [0.29, 0.717) is 6.42 Å². The van der Waals surface area contributed by atoms with E-state index in [0.717, 1.165) is 66.4 Å². The van der Waals surface area contributed by atoms with Gasteiger partial charge in [0, 0.05) is 65.1 Å². The summed E-state index contributed by atoms with van der Waals surface area (Å²) in [6, 6.07) is 27.2. The topological polar surface area (TPSA) is 77.8 Å². The van der Waals surface area contributed by atoms with Crippen molar-refractivity contribution in [1.29, 1.82) is 0 Å². The van der Waals surface area contributed by atoms with Crippen molar-refractivity contribution in [2.45, 2.75) is 6.42 Å². The summed E-state index contributed by atoms with van der Waals surface area (Å²) in [5.41, 5.74) is 6.68. The van der Waals surface area contributed by atoms with Gasteiger partial charge < -0.3 is 21.7 Å². The van der Waals surface area contributed by atoms with Gasteiger partial charge in [0.1, 0.15) is 22.3 Å². The summed E-state index contributed by atoms with van der Waals surface area (Å²) in [6.07, 6.45) is 24.9. The number of aromatic nitrogens is 4. The zero-order valence-electron chi connectivity index (χ0n) is 23.5. The van der Waals surface area contributed by atoms with Gasteiger partial charge in [0.05, 0.1) is 11.4 Å². The molecule has 0 unspecified atom stereocenters. The molecule has 0 radical (unpaired) electrons. The number of benzene rings is 4. The number of rotatable bonds is 2. The molecule has 0 aliphatic carbocycles. The number of hydrogen-bond acceptors (Lipinski definition) is 6. The molecule has 45 heavy (non-hydrogen) atoms. The van der Waals surface area contributed by atoms with Crippen molar-refractivity contribution in [3.05, 3.63) is 157 Å². The molecule has 8 aromatic rings. The van der Waals surface area contributed by atoms with Gasteiger partial charge >= 0.3 is 44.8 Å². The van der Waals surface area contributed by atoms with Crippen LogP contribution in [-0.4, -0.2) is 19.9 Å². The standard InChI is InChI=1S/2C14H7O.C9H8N4.2Au/c2*1-2-10-7-8-12-11-5-3-4-6-13(11)15-14(12)9-10;1-3-12-8(6-10-1)5-9-7-11-2-4-13-9;;/h2*3-9H;1-4,6-7H,5H2;;/q2*-1;;2*+1. The fraction of sp³-hybridized carbons (Fsp3) is 0.0270. The zero-order valence-corrected chi connectivity index (χ0v) is 27.8. The molecule has 8 heteroatoms. The monoisotopic (exact) mass is 948 g/mol. The summed E-state index contributed by atoms with van der Waals surface area (Å²) in [4.78, 5) is 16.2. The van der Waals surface area contributed by atoms with Crippen LogP contribution in [-0.2, 0) is 51.2 Å². The van der Waals surface area contributed by atoms with Crippen LogP contribution in [0, 0.1) is 24.7 Å². The van der Waals surface area contributed by atoms with Crippen molar-refractivity contribution in [1.82, 2.24) is 19.9 Å². The molecule has 224 valence electrons. The van der Waals surface area contributed by atoms with Gasteiger partial charge in [0.2, 0.25) is 0 Å². The van der Waals surface area contributed by atoms with E-state index in [1.165, 1.54) is 0 Å². The van der Waals surface area contributed by atoms with Gasteiger partial charge in [-0.05, 0) is 12.1 Å². The van der Waals surface area contributed by atoms with Crippen molar-refractivity contribution in [2.75, 3.05) is 0 Å². The Labute approximate surface area is 291 Å². The summed E-state index contributed by atoms with van der Waals surface area (Å²) in [6.45, 7) is 0. The maximum absolute atomic E-state index is 7.06. The molecule has 6 nitrogen and oxygen atoms in total. The van der Waals surface area contributed by atoms with E-state index in [9.17, 15) is 0 Å². The summed E-state index contributed by atoms with van der Waals surface area (Å²) in [5.74, 6) is 4.71. The Morgan fingerprint density at radius 1 is 0.511 bits per heavy atom. The summed E-state index contributed by atoms with van der Waals surface area (Å²) < 4.78 is 11.3. The normalized spacial score (nSPS) is 9.91. The van der Waals surface area contributed by atoms with Gasteiger partial charge in [-0.15, -0.1) is 23.3 Å². The fourth-order valence-corrected chi connectivity index (χ4v) is 4.64. The van der Waals surface area contributed by atoms with Crippen molar-refractivity contribution < 1.29 is 53.6 Å². The minimum absolute atomic E-state index is 0. The van der Waals surface area contributed by atoms with Gasteiger partial charge in [-0.3, -0.25) is 31.8 Å². The molecule has 0 amide bonds. The second-order valence-electron chi connectivity index (χ2n) is 9.44. The third kappa shape index (κ3) is 7.85. The van der Waals surface area contributed by atoms with Gasteiger partial charge in [-0.25, -0.2) is 0 Å². The molecule has 4 aromatic carbocycles. The van der Waals surface area contributed by atoms with Crippen LogP contribution < -0.4 is 0 Å². The molecule has 0 saturated heterocycles. The molecule has 8 rings (SSSR count). The van der Waals surface area contributed by atoms with Crippen LogP contribution in [0.2, 0.25) is 0 Å². The largest absolute Gasteiger partial charge is 1.00 e. The van der Waals surface area contributed by atoms with E-state index in [1.807, 2.05) is 84.9 Å². The van der Waals surface area contributed by atoms with Gasteiger partial charge in [0.25, 0.3) is 0 Å². The Kier molecular flexibility index (Phi) is 11.6. The summed E-state index contributed by atoms with van der Waals surface area (Å²) in [5, 5.41) is 4.40. The zero-order chi connectivity index (χ0) is 29.4. The second kappa shape index (κ2) is 15.8. The smallest absolute Gasteiger partial charge is 0.458 e. The first-order chi connectivity index (χ1) is 21.2. The third-order valence-corrected chi connectivity index (χ3v) is 6.64. The van der Waals surface area contributed by atoms with Crippen molar-refractivity contribution >= 4 is 43.9 Å². The number of para-hydroxylation sites is 2. The first kappa shape index (κ1) is 33.1. The molecule has 0 fully saturated rings. The van der Waals surface area contributed by atoms with Crippen LogP contribution in [0.5, 0.6) is 0 Å². The van der Waals surface area contributed by atoms with E-state index in [-0.39, 0.29) is 44.8 Å². The maximum Gasteiger partial charge on any atom is 1.00 e. The Hall–Kier alpha value is -4.76. The Bertz CT molecular complexity index is 2090. The minimum atomic E-state index is 0. The molecule has 0 saturated carbocycles. The molecule has 0 spiro atoms. The number of furan rings is 2. The molecule has 0 aliphatic heterocycles. The van der Waals surface area contributed by atoms with Crippen LogP contribution in [0.3, 0.4) is 0 Å². The number of fused-ring (bicyclic) bond motifs is 6. The molecule has 0 aliphatic rings. The van der Waals surface area contributed by atoms with Crippen molar-refractivity contribution in [3.63, 3.8) is 0 Å². The average molecular weight is 949 g/mol. The van der Waals surface area contributed by atoms with Gasteiger partial charge in [-0.1, -0.05) is 60.7 Å². The van der Waals surface area contributed by atoms with Gasteiger partial charge in [0.15, 0.2) is 0 Å². The summed E-state index contributed by atoms with van der Waals surface area (Å²) >= 11 is 0. The van der Waals surface area contributed by atoms with Crippen molar-refractivity contribution in [2.24, 2.45) is 0 Å². The minimum Gasteiger partial charge on any atom is -0.458 e. The SMILES string of the molecule is [Au+].[Au+].[C-]#Cc1ccc2c(c1)oc1ccccc12.[C-]#Cc1ccc2c(c1)oc1ccccc12.c1cnc(Cc2cnccn2)cn1. The predicted molar refractivity (Wildman–Crippen MR) is 167 cm³/mol. The second-order valence-corrected chi connectivity index (χ2v) is 9.44. The van der Waals surface area contributed by atoms with Crippen LogP contribution >= 0.6 is 0 Å². The van der Waals surface area contributed by atoms with E-state index in [1.54, 1.807) is 37.2 Å². The molecular formula is C37H22Au2N4O2. The molecule has 0 atom stereocenters. The van der Waals surface area contributed by atoms with Crippen LogP contribution in [0.25, 0.3) is 43.9 Å². The third-order valence-electron chi connectivity index (χ3n) is 6.64. The Morgan fingerprint density at radius 3 is 1.33 bits per heavy atom. The Balaban J connectivity index is 0.000000151. The van der Waals surface area contributed by atoms with E-state index >= 15 is 0 Å². The fourth-order valence-electron chi connectivity index (χ4n) is 4.64. The Morgan fingerprint density at radius 2 is 0.933 bits per heavy atom. The first-order valence-electron chi connectivity index (χ1n) is 13.4. The van der Waals surface area contributed by atoms with Crippen LogP contribution in [0.1, 0.15) is 22.5 Å². The van der Waals surface area contributed by atoms with E-state index in [4.69, 9.17) is 21.7 Å². The molecular weight excluding hydrogens is 926 g/mol. The van der Waals surface area contributed by atoms with E-state index in [2.05, 4.69) is 31.8 Å². The van der Waals surface area contributed by atoms with E-state index < -0.39 is 0 Å². The number of hydrogen-bond donors (Lipinski definition) is 0. The maximum atomic E-state index is 7.06. The van der Waals surface area contributed by atoms with Crippen LogP contribution in [0.4, 0.5) is 0 Å². The van der Waals surface area contributed by atoms with Crippen LogP contribution in [0.15, 0.2) is 131 Å². The quantitative estimate of drug-likeness (QED) is 0.0998. The molecule has 4 aromatic heterocycles. The van der Waals surface area contributed by atoms with Crippen molar-refractivity contribution in [3.8, 4) is 11.8 Å². The first-order valence-corrected chi connectivity index (χ1v) is 13.4. The molecule has 0 N–H and O–H groups in total. The average Bonchev–Trinajstić information content (AvgIpc) is 3.63. The molecule has 0 bridgehead atoms. The van der Waals surface area contributed by atoms with Gasteiger partial charge in [-0.2, -0.15) is 0 Å². The molecule has 4 heterocycles. The summed E-state index contributed by atoms with van der Waals surface area (Å²) in [7, 11) is 0. The number of nitrogens with zero attached hydrogens (tertiary/aromatic N) is 4. The predicted octanol–water partition coefficient (Wildman–Crippen LogP) is 7.90.